The molecule has 1 aliphatic heterocycles. The second-order valence-electron chi connectivity index (χ2n) is 8.82. The van der Waals surface area contributed by atoms with Gasteiger partial charge in [-0.25, -0.2) is 4.98 Å². The molecule has 8 nitrogen and oxygen atoms in total. The molecule has 0 amide bonds. The number of carboxylic acid groups (broad SMARTS) is 1. The van der Waals surface area contributed by atoms with Crippen LogP contribution < -0.4 is 5.73 Å². The Morgan fingerprint density at radius 3 is 2.70 bits per heavy atom. The first-order valence-corrected chi connectivity index (χ1v) is 11.4. The monoisotopic (exact) mass is 444 g/mol. The summed E-state index contributed by atoms with van der Waals surface area (Å²) in [4.78, 5) is 23.1. The number of nitrogens with two attached hydrogens (primary N) is 1. The number of anilines is 1. The quantitative estimate of drug-likeness (QED) is 0.617. The number of carboxylic acids is 1. The molecule has 1 aliphatic carbocycles. The van der Waals surface area contributed by atoms with Gasteiger partial charge in [-0.05, 0) is 57.3 Å². The third-order valence-corrected chi connectivity index (χ3v) is 6.71. The van der Waals surface area contributed by atoms with Crippen LogP contribution in [-0.4, -0.2) is 48.6 Å². The van der Waals surface area contributed by atoms with Gasteiger partial charge in [0.2, 0.25) is 0 Å². The highest BCUT2D eigenvalue weighted by molar-refractivity contribution is 5.79. The first-order valence-electron chi connectivity index (χ1n) is 11.4. The fourth-order valence-electron chi connectivity index (χ4n) is 4.58. The van der Waals surface area contributed by atoms with Crippen molar-refractivity contribution in [2.45, 2.75) is 39.2 Å². The Hall–Kier alpha value is -3.52. The number of allylic oxidation sites excluding steroid dienone is 4. The maximum absolute atomic E-state index is 11.2. The van der Waals surface area contributed by atoms with Gasteiger partial charge in [-0.1, -0.05) is 24.3 Å². The number of pyridine rings is 1. The zero-order valence-corrected chi connectivity index (χ0v) is 18.7. The van der Waals surface area contributed by atoms with E-state index in [9.17, 15) is 9.90 Å². The van der Waals surface area contributed by atoms with Crippen molar-refractivity contribution in [3.8, 4) is 11.1 Å². The lowest BCUT2D eigenvalue weighted by Gasteiger charge is -2.30. The van der Waals surface area contributed by atoms with Crippen LogP contribution in [0.3, 0.4) is 0 Å². The summed E-state index contributed by atoms with van der Waals surface area (Å²) in [6, 6.07) is 4.09. The molecule has 0 spiro atoms. The molecular weight excluding hydrogens is 416 g/mol. The maximum Gasteiger partial charge on any atom is 0.306 e. The summed E-state index contributed by atoms with van der Waals surface area (Å²) in [6.45, 7) is 4.08. The summed E-state index contributed by atoms with van der Waals surface area (Å²) in [5.41, 5.74) is 12.9. The Labute approximate surface area is 192 Å². The third-order valence-electron chi connectivity index (χ3n) is 6.71. The Morgan fingerprint density at radius 2 is 2.03 bits per heavy atom. The topological polar surface area (TPSA) is 110 Å². The van der Waals surface area contributed by atoms with Gasteiger partial charge in [-0.2, -0.15) is 9.61 Å². The molecule has 0 radical (unpaired) electrons. The molecule has 3 N–H and O–H groups in total. The van der Waals surface area contributed by atoms with Gasteiger partial charge in [0.15, 0.2) is 5.65 Å². The van der Waals surface area contributed by atoms with Crippen molar-refractivity contribution in [3.05, 3.63) is 59.7 Å². The molecule has 1 saturated heterocycles. The van der Waals surface area contributed by atoms with E-state index in [1.54, 1.807) is 10.7 Å². The summed E-state index contributed by atoms with van der Waals surface area (Å²) >= 11 is 0. The van der Waals surface area contributed by atoms with E-state index in [0.29, 0.717) is 30.9 Å². The van der Waals surface area contributed by atoms with E-state index in [-0.39, 0.29) is 5.92 Å². The number of nitrogen functional groups attached to an aromatic ring is 1. The van der Waals surface area contributed by atoms with Gasteiger partial charge in [0.1, 0.15) is 5.82 Å². The predicted octanol–water partition coefficient (Wildman–Crippen LogP) is 3.71. The van der Waals surface area contributed by atoms with Gasteiger partial charge in [0, 0.05) is 29.4 Å². The number of carbonyl (C=O) groups is 1. The van der Waals surface area contributed by atoms with Gasteiger partial charge < -0.3 is 10.8 Å². The van der Waals surface area contributed by atoms with E-state index in [4.69, 9.17) is 10.7 Å². The normalized spacial score (nSPS) is 17.4. The molecule has 0 aromatic carbocycles. The Morgan fingerprint density at radius 1 is 1.21 bits per heavy atom. The summed E-state index contributed by atoms with van der Waals surface area (Å²) in [7, 11) is 0. The molecule has 0 unspecified atom stereocenters. The second kappa shape index (κ2) is 8.78. The number of nitrogens with zero attached hydrogens (tertiary/aromatic N) is 5. The van der Waals surface area contributed by atoms with E-state index < -0.39 is 5.97 Å². The van der Waals surface area contributed by atoms with Gasteiger partial charge in [-0.3, -0.25) is 14.7 Å². The highest BCUT2D eigenvalue weighted by atomic mass is 16.4. The number of hydrogen-bond acceptors (Lipinski definition) is 6. The van der Waals surface area contributed by atoms with Gasteiger partial charge >= 0.3 is 5.97 Å². The number of aromatic nitrogens is 4. The maximum atomic E-state index is 11.2. The van der Waals surface area contributed by atoms with Crippen LogP contribution in [0.25, 0.3) is 22.3 Å². The molecule has 0 saturated carbocycles. The van der Waals surface area contributed by atoms with Crippen LogP contribution in [0, 0.1) is 12.8 Å². The van der Waals surface area contributed by atoms with E-state index in [1.165, 1.54) is 0 Å². The molecule has 4 heterocycles. The molecule has 5 rings (SSSR count). The Bertz CT molecular complexity index is 1250. The number of hydrogen-bond donors (Lipinski definition) is 2. The molecule has 0 bridgehead atoms. The lowest BCUT2D eigenvalue weighted by Crippen LogP contribution is -2.36. The van der Waals surface area contributed by atoms with Crippen molar-refractivity contribution >= 4 is 23.0 Å². The first kappa shape index (κ1) is 21.3. The largest absolute Gasteiger partial charge is 0.481 e. The molecule has 3 aromatic heterocycles. The number of rotatable bonds is 5. The van der Waals surface area contributed by atoms with Crippen LogP contribution in [0.4, 0.5) is 5.82 Å². The van der Waals surface area contributed by atoms with E-state index in [2.05, 4.69) is 39.3 Å². The van der Waals surface area contributed by atoms with Crippen molar-refractivity contribution in [3.63, 3.8) is 0 Å². The average molecular weight is 445 g/mol. The molecule has 1 fully saturated rings. The van der Waals surface area contributed by atoms with Crippen LogP contribution in [0.2, 0.25) is 0 Å². The fourth-order valence-corrected chi connectivity index (χ4v) is 4.58. The summed E-state index contributed by atoms with van der Waals surface area (Å²) in [6.07, 6.45) is 13.6. The lowest BCUT2D eigenvalue weighted by molar-refractivity contribution is -0.143. The minimum absolute atomic E-state index is 0.250. The van der Waals surface area contributed by atoms with Crippen molar-refractivity contribution in [2.24, 2.45) is 5.92 Å². The van der Waals surface area contributed by atoms with Crippen LogP contribution in [-0.2, 0) is 11.3 Å². The fraction of sp³-hybridized carbons (Fsp3) is 0.360. The highest BCUT2D eigenvalue weighted by Crippen LogP contribution is 2.29. The van der Waals surface area contributed by atoms with Gasteiger partial charge in [-0.15, -0.1) is 0 Å². The van der Waals surface area contributed by atoms with Crippen LogP contribution in [0.1, 0.15) is 42.6 Å². The van der Waals surface area contributed by atoms with Gasteiger partial charge in [0.05, 0.1) is 23.5 Å². The Balaban J connectivity index is 1.43. The van der Waals surface area contributed by atoms with Crippen molar-refractivity contribution in [1.29, 1.82) is 0 Å². The minimum Gasteiger partial charge on any atom is -0.481 e. The highest BCUT2D eigenvalue weighted by Gasteiger charge is 2.25. The van der Waals surface area contributed by atoms with Crippen molar-refractivity contribution in [1.82, 2.24) is 24.5 Å². The Kier molecular flexibility index (Phi) is 5.68. The molecule has 8 heteroatoms. The van der Waals surface area contributed by atoms with Gasteiger partial charge in [0.25, 0.3) is 0 Å². The number of likely N-dealkylation sites (tertiary alicyclic amines) is 1. The second-order valence-corrected chi connectivity index (χ2v) is 8.82. The molecular formula is C25H28N6O2. The smallest absolute Gasteiger partial charge is 0.306 e. The van der Waals surface area contributed by atoms with E-state index in [1.807, 2.05) is 19.2 Å². The first-order chi connectivity index (χ1) is 16.0. The van der Waals surface area contributed by atoms with Crippen LogP contribution >= 0.6 is 0 Å². The average Bonchev–Trinajstić information content (AvgIpc) is 3.27. The van der Waals surface area contributed by atoms with E-state index in [0.717, 1.165) is 59.6 Å². The van der Waals surface area contributed by atoms with E-state index >= 15 is 0 Å². The summed E-state index contributed by atoms with van der Waals surface area (Å²) < 4.78 is 1.69. The number of fused-ring (bicyclic) bond motifs is 1. The third kappa shape index (κ3) is 4.14. The zero-order valence-electron chi connectivity index (χ0n) is 18.7. The number of aliphatic carboxylic acids is 1. The molecule has 2 aliphatic rings. The van der Waals surface area contributed by atoms with Crippen LogP contribution in [0.5, 0.6) is 0 Å². The molecule has 3 aromatic rings. The minimum atomic E-state index is -0.700. The predicted molar refractivity (Wildman–Crippen MR) is 127 cm³/mol. The molecule has 0 atom stereocenters. The van der Waals surface area contributed by atoms with Crippen LogP contribution in [0.15, 0.2) is 42.8 Å². The summed E-state index contributed by atoms with van der Waals surface area (Å²) in [5.74, 6) is -0.377. The standard InChI is InChI=1S/C25H28N6O2/c1-16-22(15-30-11-9-18(10-12-30)25(32)33)29-24-20(14-28-31(24)23(16)26)19-7-8-21(27-13-19)17-5-3-2-4-6-17/h3,5-8,13-14,18H,2,4,9-12,15,26H2,1H3,(H,32,33). The molecule has 170 valence electrons. The molecule has 33 heavy (non-hydrogen) atoms. The summed E-state index contributed by atoms with van der Waals surface area (Å²) in [5, 5.41) is 13.7. The van der Waals surface area contributed by atoms with Crippen molar-refractivity contribution < 1.29 is 9.90 Å². The zero-order chi connectivity index (χ0) is 22.9. The SMILES string of the molecule is Cc1c(CN2CCC(C(=O)O)CC2)nc2c(-c3ccc(C4=CCCC=C4)nc3)cnn2c1N. The number of piperidine rings is 1. The lowest BCUT2D eigenvalue weighted by atomic mass is 9.97. The van der Waals surface area contributed by atoms with Crippen molar-refractivity contribution in [2.75, 3.05) is 18.8 Å².